The standard InChI is InChI=1S/C29H49N3O3/c1-7-19(16(2)3)27(35)26(34)17(4)21-8-9-22-20-15-25(33)24-14-18(31-32-30)10-12-29(24,6)23(20)11-13-28(21,22)5/h16-24,26-27,34-35H,7-15H2,1-6H3/t17-,18?,19-,20-,21+,22-,23-,24+,26-,27-,28+,29+/m0/s1. The number of ketones is 1. The molecule has 4 saturated carbocycles. The van der Waals surface area contributed by atoms with E-state index in [9.17, 15) is 15.0 Å². The summed E-state index contributed by atoms with van der Waals surface area (Å²) in [5, 5.41) is 26.4. The van der Waals surface area contributed by atoms with E-state index in [1.54, 1.807) is 0 Å². The molecule has 12 atom stereocenters. The molecule has 0 amide bonds. The highest BCUT2D eigenvalue weighted by Gasteiger charge is 2.63. The molecule has 6 heteroatoms. The second kappa shape index (κ2) is 9.99. The molecule has 0 aromatic rings. The van der Waals surface area contributed by atoms with Crippen molar-refractivity contribution in [3.8, 4) is 0 Å². The third-order valence-electron chi connectivity index (χ3n) is 12.0. The van der Waals surface area contributed by atoms with Gasteiger partial charge in [0.2, 0.25) is 0 Å². The van der Waals surface area contributed by atoms with Gasteiger partial charge in [-0.25, -0.2) is 0 Å². The SMILES string of the molecule is CC[C@@H](C(C)C)[C@H](O)[C@@H](O)[C@@H](C)[C@H]1CC[C@H]2[C@@H]3CC(=O)[C@H]4CC(N=[N+]=[N-])CC[C@]4(C)[C@H]3CC[C@]12C. The molecule has 4 aliphatic carbocycles. The fraction of sp³-hybridized carbons (Fsp3) is 0.966. The van der Waals surface area contributed by atoms with Crippen molar-refractivity contribution >= 4 is 5.78 Å². The maximum absolute atomic E-state index is 13.5. The van der Waals surface area contributed by atoms with Crippen LogP contribution >= 0.6 is 0 Å². The molecular formula is C29H49N3O3. The Labute approximate surface area is 212 Å². The van der Waals surface area contributed by atoms with Crippen LogP contribution in [0.15, 0.2) is 5.11 Å². The Bertz CT molecular complexity index is 841. The number of fused-ring (bicyclic) bond motifs is 5. The smallest absolute Gasteiger partial charge is 0.136 e. The average molecular weight is 488 g/mol. The summed E-state index contributed by atoms with van der Waals surface area (Å²) in [4.78, 5) is 16.5. The molecular weight excluding hydrogens is 438 g/mol. The normalized spacial score (nSPS) is 44.4. The average Bonchev–Trinajstić information content (AvgIpc) is 3.16. The number of hydrogen-bond donors (Lipinski definition) is 2. The molecule has 1 unspecified atom stereocenters. The first-order chi connectivity index (χ1) is 16.5. The Morgan fingerprint density at radius 3 is 2.31 bits per heavy atom. The summed E-state index contributed by atoms with van der Waals surface area (Å²) < 4.78 is 0. The molecule has 0 aromatic heterocycles. The maximum Gasteiger partial charge on any atom is 0.136 e. The van der Waals surface area contributed by atoms with E-state index in [1.807, 2.05) is 0 Å². The maximum atomic E-state index is 13.5. The van der Waals surface area contributed by atoms with E-state index >= 15 is 0 Å². The quantitative estimate of drug-likeness (QED) is 0.242. The van der Waals surface area contributed by atoms with Gasteiger partial charge in [-0.2, -0.15) is 0 Å². The van der Waals surface area contributed by atoms with E-state index in [-0.39, 0.29) is 34.6 Å². The fourth-order valence-electron chi connectivity index (χ4n) is 10.0. The van der Waals surface area contributed by atoms with Crippen LogP contribution in [0.2, 0.25) is 0 Å². The van der Waals surface area contributed by atoms with Gasteiger partial charge >= 0.3 is 0 Å². The van der Waals surface area contributed by atoms with Crippen molar-refractivity contribution in [2.45, 2.75) is 118 Å². The van der Waals surface area contributed by atoms with Crippen molar-refractivity contribution in [2.24, 2.45) is 63.3 Å². The number of aliphatic hydroxyl groups excluding tert-OH is 2. The van der Waals surface area contributed by atoms with Crippen molar-refractivity contribution < 1.29 is 15.0 Å². The third-order valence-corrected chi connectivity index (χ3v) is 12.0. The molecule has 6 nitrogen and oxygen atoms in total. The molecule has 0 radical (unpaired) electrons. The van der Waals surface area contributed by atoms with Crippen molar-refractivity contribution in [3.63, 3.8) is 0 Å². The Hall–Kier alpha value is -1.10. The van der Waals surface area contributed by atoms with E-state index < -0.39 is 12.2 Å². The minimum atomic E-state index is -0.702. The zero-order chi connectivity index (χ0) is 25.7. The predicted molar refractivity (Wildman–Crippen MR) is 138 cm³/mol. The van der Waals surface area contributed by atoms with Gasteiger partial charge in [0.1, 0.15) is 5.78 Å². The molecule has 198 valence electrons. The summed E-state index contributed by atoms with van der Waals surface area (Å²) in [5.41, 5.74) is 9.06. The zero-order valence-electron chi connectivity index (χ0n) is 22.9. The van der Waals surface area contributed by atoms with Crippen LogP contribution in [0.3, 0.4) is 0 Å². The highest BCUT2D eigenvalue weighted by molar-refractivity contribution is 5.83. The van der Waals surface area contributed by atoms with Gasteiger partial charge < -0.3 is 10.2 Å². The van der Waals surface area contributed by atoms with Crippen LogP contribution in [0.5, 0.6) is 0 Å². The van der Waals surface area contributed by atoms with Gasteiger partial charge in [-0.1, -0.05) is 53.1 Å². The summed E-state index contributed by atoms with van der Waals surface area (Å²) in [7, 11) is 0. The number of Topliss-reactive ketones (excluding diaryl/α,β-unsaturated/α-hetero) is 1. The van der Waals surface area contributed by atoms with Crippen LogP contribution in [0.25, 0.3) is 10.4 Å². The third kappa shape index (κ3) is 4.36. The van der Waals surface area contributed by atoms with E-state index in [2.05, 4.69) is 51.6 Å². The summed E-state index contributed by atoms with van der Waals surface area (Å²) in [5.74, 6) is 2.81. The van der Waals surface area contributed by atoms with Gasteiger partial charge in [0.15, 0.2) is 0 Å². The van der Waals surface area contributed by atoms with Crippen molar-refractivity contribution in [3.05, 3.63) is 10.4 Å². The summed E-state index contributed by atoms with van der Waals surface area (Å²) >= 11 is 0. The van der Waals surface area contributed by atoms with Crippen LogP contribution in [-0.4, -0.2) is 34.2 Å². The van der Waals surface area contributed by atoms with E-state index in [0.717, 1.165) is 51.4 Å². The second-order valence-electron chi connectivity index (χ2n) is 13.6. The summed E-state index contributed by atoms with van der Waals surface area (Å²) in [6.45, 7) is 13.3. The van der Waals surface area contributed by atoms with Crippen LogP contribution in [0.4, 0.5) is 0 Å². The molecule has 4 fully saturated rings. The summed E-state index contributed by atoms with van der Waals surface area (Å²) in [6.07, 6.45) is 7.28. The zero-order valence-corrected chi connectivity index (χ0v) is 22.9. The van der Waals surface area contributed by atoms with E-state index in [0.29, 0.717) is 41.8 Å². The molecule has 4 rings (SSSR count). The molecule has 0 aliphatic heterocycles. The lowest BCUT2D eigenvalue weighted by molar-refractivity contribution is -0.157. The van der Waals surface area contributed by atoms with Gasteiger partial charge in [0.25, 0.3) is 0 Å². The van der Waals surface area contributed by atoms with Gasteiger partial charge in [0, 0.05) is 23.3 Å². The lowest BCUT2D eigenvalue weighted by Crippen LogP contribution is -2.57. The number of aliphatic hydroxyl groups is 2. The molecule has 0 aromatic carbocycles. The Kier molecular flexibility index (Phi) is 7.69. The van der Waals surface area contributed by atoms with Gasteiger partial charge in [-0.05, 0) is 103 Å². The lowest BCUT2D eigenvalue weighted by Gasteiger charge is -2.60. The lowest BCUT2D eigenvalue weighted by atomic mass is 9.44. The molecule has 4 aliphatic rings. The van der Waals surface area contributed by atoms with Crippen molar-refractivity contribution in [2.75, 3.05) is 0 Å². The monoisotopic (exact) mass is 487 g/mol. The Balaban J connectivity index is 1.53. The molecule has 35 heavy (non-hydrogen) atoms. The highest BCUT2D eigenvalue weighted by atomic mass is 16.3. The molecule has 2 N–H and O–H groups in total. The minimum absolute atomic E-state index is 0.0217. The molecule has 0 saturated heterocycles. The minimum Gasteiger partial charge on any atom is -0.390 e. The summed E-state index contributed by atoms with van der Waals surface area (Å²) in [6, 6.07) is -0.0326. The highest BCUT2D eigenvalue weighted by Crippen LogP contribution is 2.68. The van der Waals surface area contributed by atoms with Crippen LogP contribution in [-0.2, 0) is 4.79 Å². The van der Waals surface area contributed by atoms with E-state index in [1.165, 1.54) is 0 Å². The number of nitrogens with zero attached hydrogens (tertiary/aromatic N) is 3. The number of carbonyl (C=O) groups excluding carboxylic acids is 1. The van der Waals surface area contributed by atoms with E-state index in [4.69, 9.17) is 5.53 Å². The van der Waals surface area contributed by atoms with Crippen molar-refractivity contribution in [1.82, 2.24) is 0 Å². The predicted octanol–water partition coefficient (Wildman–Crippen LogP) is 6.54. The van der Waals surface area contributed by atoms with Crippen LogP contribution in [0.1, 0.15) is 99.3 Å². The number of azide groups is 1. The Morgan fingerprint density at radius 1 is 1.03 bits per heavy atom. The molecule has 0 heterocycles. The van der Waals surface area contributed by atoms with Crippen LogP contribution in [0, 0.1) is 58.2 Å². The van der Waals surface area contributed by atoms with Gasteiger partial charge in [-0.15, -0.1) is 0 Å². The second-order valence-corrected chi connectivity index (χ2v) is 13.6. The van der Waals surface area contributed by atoms with Gasteiger partial charge in [0.05, 0.1) is 12.2 Å². The topological polar surface area (TPSA) is 106 Å². The number of carbonyl (C=O) groups is 1. The Morgan fingerprint density at radius 2 is 1.69 bits per heavy atom. The number of rotatable bonds is 7. The fourth-order valence-corrected chi connectivity index (χ4v) is 10.0. The van der Waals surface area contributed by atoms with Crippen LogP contribution < -0.4 is 0 Å². The first-order valence-electron chi connectivity index (χ1n) is 14.4. The number of hydrogen-bond acceptors (Lipinski definition) is 4. The van der Waals surface area contributed by atoms with Crippen molar-refractivity contribution in [1.29, 1.82) is 0 Å². The van der Waals surface area contributed by atoms with Gasteiger partial charge in [-0.3, -0.25) is 4.79 Å². The molecule has 0 bridgehead atoms. The first kappa shape index (κ1) is 26.9. The molecule has 0 spiro atoms. The first-order valence-corrected chi connectivity index (χ1v) is 14.4. The largest absolute Gasteiger partial charge is 0.390 e.